The van der Waals surface area contributed by atoms with Crippen LogP contribution in [-0.4, -0.2) is 23.1 Å². The number of hydrogen-bond acceptors (Lipinski definition) is 0. The Morgan fingerprint density at radius 2 is 1.40 bits per heavy atom. The van der Waals surface area contributed by atoms with Crippen LogP contribution >= 0.6 is 12.4 Å². The van der Waals surface area contributed by atoms with E-state index in [1.165, 1.54) is 0 Å². The summed E-state index contributed by atoms with van der Waals surface area (Å²) in [6.45, 7) is 5.00. The molecule has 0 N–H and O–H groups in total. The SMILES string of the molecule is Cl.[CH2-]C.[Mg+2].[c-]1ccccc1. The van der Waals surface area contributed by atoms with Crippen LogP contribution in [0.25, 0.3) is 0 Å². The van der Waals surface area contributed by atoms with Gasteiger partial charge in [0, 0.05) is 0 Å². The van der Waals surface area contributed by atoms with Crippen molar-refractivity contribution < 1.29 is 0 Å². The standard InChI is InChI=1S/C6H5.C2H5.ClH.Mg/c1-2-4-6-5-3-1;1-2;;/h1-5H;1H2,2H3;1H;/q2*-1;;+2. The summed E-state index contributed by atoms with van der Waals surface area (Å²) in [7, 11) is 0. The van der Waals surface area contributed by atoms with Crippen LogP contribution < -0.4 is 0 Å². The fraction of sp³-hybridized carbons (Fsp3) is 0.125. The molecule has 0 amide bonds. The van der Waals surface area contributed by atoms with E-state index in [1.807, 2.05) is 30.3 Å². The second-order valence-electron chi connectivity index (χ2n) is 1.08. The largest absolute Gasteiger partial charge is 2.00 e. The van der Waals surface area contributed by atoms with Gasteiger partial charge >= 0.3 is 23.1 Å². The molecule has 0 unspecified atom stereocenters. The van der Waals surface area contributed by atoms with Gasteiger partial charge in [-0.25, -0.2) is 0 Å². The maximum atomic E-state index is 3.25. The van der Waals surface area contributed by atoms with Crippen LogP contribution in [0.2, 0.25) is 0 Å². The molecule has 0 bridgehead atoms. The van der Waals surface area contributed by atoms with Crippen molar-refractivity contribution in [2.24, 2.45) is 0 Å². The number of halogens is 1. The van der Waals surface area contributed by atoms with E-state index in [-0.39, 0.29) is 35.5 Å². The van der Waals surface area contributed by atoms with Crippen LogP contribution in [-0.2, 0) is 0 Å². The van der Waals surface area contributed by atoms with Crippen LogP contribution in [0.15, 0.2) is 30.3 Å². The fourth-order valence-electron chi connectivity index (χ4n) is 0.342. The maximum absolute atomic E-state index is 3.25. The minimum absolute atomic E-state index is 0. The first-order valence-corrected chi connectivity index (χ1v) is 2.62. The number of benzene rings is 1. The van der Waals surface area contributed by atoms with Crippen molar-refractivity contribution in [3.05, 3.63) is 43.3 Å². The predicted molar refractivity (Wildman–Crippen MR) is 49.3 cm³/mol. The van der Waals surface area contributed by atoms with Crippen molar-refractivity contribution in [3.63, 3.8) is 0 Å². The summed E-state index contributed by atoms with van der Waals surface area (Å²) in [6.07, 6.45) is 0. The normalized spacial score (nSPS) is 5.40. The molecule has 2 heteroatoms. The predicted octanol–water partition coefficient (Wildman–Crippen LogP) is 2.37. The number of rotatable bonds is 0. The second kappa shape index (κ2) is 16.1. The van der Waals surface area contributed by atoms with Crippen LogP contribution in [0.5, 0.6) is 0 Å². The van der Waals surface area contributed by atoms with E-state index in [4.69, 9.17) is 0 Å². The maximum Gasteiger partial charge on any atom is 2.00 e. The minimum Gasteiger partial charge on any atom is -0.346 e. The first kappa shape index (κ1) is 16.7. The summed E-state index contributed by atoms with van der Waals surface area (Å²) in [4.78, 5) is 0. The third-order valence-electron chi connectivity index (χ3n) is 0.607. The van der Waals surface area contributed by atoms with Crippen LogP contribution in [0.1, 0.15) is 6.92 Å². The molecule has 0 spiro atoms. The van der Waals surface area contributed by atoms with E-state index in [1.54, 1.807) is 6.92 Å². The quantitative estimate of drug-likeness (QED) is 0.411. The van der Waals surface area contributed by atoms with Crippen molar-refractivity contribution in [2.75, 3.05) is 0 Å². The van der Waals surface area contributed by atoms with Gasteiger partial charge in [0.15, 0.2) is 0 Å². The molecule has 1 rings (SSSR count). The van der Waals surface area contributed by atoms with Gasteiger partial charge in [-0.2, -0.15) is 43.3 Å². The van der Waals surface area contributed by atoms with E-state index in [0.717, 1.165) is 0 Å². The van der Waals surface area contributed by atoms with Crippen molar-refractivity contribution >= 4 is 35.5 Å². The summed E-state index contributed by atoms with van der Waals surface area (Å²) < 4.78 is 0. The summed E-state index contributed by atoms with van der Waals surface area (Å²) >= 11 is 0. The third-order valence-corrected chi connectivity index (χ3v) is 0.607. The monoisotopic (exact) mass is 166 g/mol. The average Bonchev–Trinajstić information content (AvgIpc) is 1.96. The molecule has 0 atom stereocenters. The molecule has 1 aromatic rings. The van der Waals surface area contributed by atoms with E-state index in [9.17, 15) is 0 Å². The molecule has 0 aliphatic heterocycles. The molecule has 0 radical (unpaired) electrons. The summed E-state index contributed by atoms with van der Waals surface area (Å²) in [6, 6.07) is 12.5. The Morgan fingerprint density at radius 3 is 1.50 bits per heavy atom. The van der Waals surface area contributed by atoms with E-state index in [2.05, 4.69) is 13.0 Å². The van der Waals surface area contributed by atoms with Gasteiger partial charge in [-0.1, -0.05) is 0 Å². The van der Waals surface area contributed by atoms with Crippen molar-refractivity contribution in [3.8, 4) is 0 Å². The first-order chi connectivity index (χ1) is 4.00. The van der Waals surface area contributed by atoms with E-state index >= 15 is 0 Å². The summed E-state index contributed by atoms with van der Waals surface area (Å²) in [5, 5.41) is 0. The van der Waals surface area contributed by atoms with Gasteiger partial charge < -0.3 is 6.92 Å². The van der Waals surface area contributed by atoms with Gasteiger partial charge in [0.05, 0.1) is 0 Å². The molecule has 1 aromatic carbocycles. The van der Waals surface area contributed by atoms with E-state index in [0.29, 0.717) is 0 Å². The first-order valence-electron chi connectivity index (χ1n) is 2.62. The zero-order valence-electron chi connectivity index (χ0n) is 6.21. The molecule has 0 nitrogen and oxygen atoms in total. The zero-order valence-corrected chi connectivity index (χ0v) is 8.44. The van der Waals surface area contributed by atoms with Crippen LogP contribution in [0, 0.1) is 13.0 Å². The molecule has 0 fully saturated rings. The molecule has 0 heterocycles. The molecular formula is C8H11ClMg. The van der Waals surface area contributed by atoms with Crippen molar-refractivity contribution in [2.45, 2.75) is 6.92 Å². The molecule has 0 saturated heterocycles. The molecule has 0 aliphatic carbocycles. The third kappa shape index (κ3) is 11.1. The molecule has 0 saturated carbocycles. The second-order valence-corrected chi connectivity index (χ2v) is 1.08. The Kier molecular flexibility index (Phi) is 26.9. The Labute approximate surface area is 85.6 Å². The van der Waals surface area contributed by atoms with Gasteiger partial charge in [-0.15, -0.1) is 12.4 Å². The molecule has 10 heavy (non-hydrogen) atoms. The Bertz CT molecular complexity index is 81.2. The Morgan fingerprint density at radius 1 is 1.00 bits per heavy atom. The Hall–Kier alpha value is 0.276. The molecular weight excluding hydrogens is 156 g/mol. The molecule has 52 valence electrons. The summed E-state index contributed by atoms with van der Waals surface area (Å²) in [5.74, 6) is 0. The van der Waals surface area contributed by atoms with Gasteiger partial charge in [0.1, 0.15) is 0 Å². The van der Waals surface area contributed by atoms with Gasteiger partial charge in [0.25, 0.3) is 0 Å². The van der Waals surface area contributed by atoms with Crippen LogP contribution in [0.3, 0.4) is 0 Å². The van der Waals surface area contributed by atoms with Gasteiger partial charge in [-0.3, -0.25) is 0 Å². The Balaban J connectivity index is -0.000000114. The zero-order chi connectivity index (χ0) is 6.24. The average molecular weight is 167 g/mol. The minimum atomic E-state index is 0. The molecule has 0 aliphatic rings. The van der Waals surface area contributed by atoms with Crippen molar-refractivity contribution in [1.82, 2.24) is 0 Å². The van der Waals surface area contributed by atoms with Crippen LogP contribution in [0.4, 0.5) is 0 Å². The van der Waals surface area contributed by atoms with Gasteiger partial charge in [-0.05, 0) is 0 Å². The summed E-state index contributed by atoms with van der Waals surface area (Å²) in [5.41, 5.74) is 0. The fourth-order valence-corrected chi connectivity index (χ4v) is 0.342. The number of hydrogen-bond donors (Lipinski definition) is 0. The van der Waals surface area contributed by atoms with Gasteiger partial charge in [0.2, 0.25) is 0 Å². The topological polar surface area (TPSA) is 0 Å². The smallest absolute Gasteiger partial charge is 0.346 e. The van der Waals surface area contributed by atoms with Crippen molar-refractivity contribution in [1.29, 1.82) is 0 Å². The van der Waals surface area contributed by atoms with E-state index < -0.39 is 0 Å². The molecule has 0 aromatic heterocycles.